The normalized spacial score (nSPS) is 11.6. The van der Waals surface area contributed by atoms with Gasteiger partial charge in [-0.2, -0.15) is 0 Å². The first-order valence-electron chi connectivity index (χ1n) is 6.56. The van der Waals surface area contributed by atoms with Gasteiger partial charge in [-0.25, -0.2) is 0 Å². The van der Waals surface area contributed by atoms with Crippen LogP contribution >= 0.6 is 23.8 Å². The summed E-state index contributed by atoms with van der Waals surface area (Å²) in [5.41, 5.74) is 1.88. The highest BCUT2D eigenvalue weighted by Crippen LogP contribution is 2.22. The molecule has 0 radical (unpaired) electrons. The van der Waals surface area contributed by atoms with Crippen molar-refractivity contribution in [3.8, 4) is 5.75 Å². The summed E-state index contributed by atoms with van der Waals surface area (Å²) >= 11 is 11.5. The third-order valence-electron chi connectivity index (χ3n) is 3.05. The summed E-state index contributed by atoms with van der Waals surface area (Å²) in [6, 6.07) is 15.3. The van der Waals surface area contributed by atoms with Crippen molar-refractivity contribution in [3.05, 3.63) is 59.1 Å². The molecule has 110 valence electrons. The number of hydrogen-bond donors (Lipinski definition) is 2. The Kier molecular flexibility index (Phi) is 5.42. The highest BCUT2D eigenvalue weighted by molar-refractivity contribution is 7.80. The fourth-order valence-electron chi connectivity index (χ4n) is 1.97. The Balaban J connectivity index is 2.00. The van der Waals surface area contributed by atoms with Crippen LogP contribution in [-0.4, -0.2) is 12.2 Å². The molecule has 5 heteroatoms. The molecule has 0 saturated heterocycles. The van der Waals surface area contributed by atoms with Gasteiger partial charge in [-0.05, 0) is 42.9 Å². The predicted molar refractivity (Wildman–Crippen MR) is 92.2 cm³/mol. The van der Waals surface area contributed by atoms with Gasteiger partial charge >= 0.3 is 0 Å². The molecule has 2 aromatic carbocycles. The monoisotopic (exact) mass is 320 g/mol. The quantitative estimate of drug-likeness (QED) is 0.818. The van der Waals surface area contributed by atoms with E-state index in [2.05, 4.69) is 10.6 Å². The van der Waals surface area contributed by atoms with Gasteiger partial charge in [0.15, 0.2) is 5.11 Å². The number of thiocarbonyl (C=S) groups is 1. The Hall–Kier alpha value is -1.78. The highest BCUT2D eigenvalue weighted by Gasteiger charge is 2.10. The van der Waals surface area contributed by atoms with E-state index in [1.807, 2.05) is 55.5 Å². The molecule has 0 fully saturated rings. The molecule has 0 aliphatic carbocycles. The highest BCUT2D eigenvalue weighted by atomic mass is 35.5. The average molecular weight is 321 g/mol. The van der Waals surface area contributed by atoms with E-state index in [0.29, 0.717) is 5.11 Å². The van der Waals surface area contributed by atoms with Gasteiger partial charge in [-0.3, -0.25) is 0 Å². The van der Waals surface area contributed by atoms with Crippen LogP contribution in [-0.2, 0) is 0 Å². The van der Waals surface area contributed by atoms with Crippen molar-refractivity contribution in [1.82, 2.24) is 5.32 Å². The minimum Gasteiger partial charge on any atom is -0.497 e. The van der Waals surface area contributed by atoms with E-state index in [-0.39, 0.29) is 6.04 Å². The van der Waals surface area contributed by atoms with Crippen LogP contribution in [0, 0.1) is 0 Å². The fourth-order valence-corrected chi connectivity index (χ4v) is 2.56. The molecule has 0 aromatic heterocycles. The number of nitrogens with one attached hydrogen (secondary N) is 2. The standard InChI is InChI=1S/C16H17ClN2OS/c1-11(14-8-3-4-9-15(14)17)18-16(21)19-12-6-5-7-13(10-12)20-2/h3-11H,1-2H3,(H2,18,19,21)/t11-/m1/s1. The lowest BCUT2D eigenvalue weighted by atomic mass is 10.1. The van der Waals surface area contributed by atoms with E-state index in [9.17, 15) is 0 Å². The van der Waals surface area contributed by atoms with E-state index in [0.717, 1.165) is 22.0 Å². The molecule has 0 unspecified atom stereocenters. The lowest BCUT2D eigenvalue weighted by molar-refractivity contribution is 0.415. The van der Waals surface area contributed by atoms with Crippen molar-refractivity contribution >= 4 is 34.6 Å². The van der Waals surface area contributed by atoms with Crippen molar-refractivity contribution in [2.75, 3.05) is 12.4 Å². The minimum absolute atomic E-state index is 0.0179. The molecule has 1 atom stereocenters. The van der Waals surface area contributed by atoms with Crippen molar-refractivity contribution in [2.45, 2.75) is 13.0 Å². The third-order valence-corrected chi connectivity index (χ3v) is 3.61. The number of hydrogen-bond acceptors (Lipinski definition) is 2. The fraction of sp³-hybridized carbons (Fsp3) is 0.188. The number of ether oxygens (including phenoxy) is 1. The molecule has 2 N–H and O–H groups in total. The van der Waals surface area contributed by atoms with Crippen LogP contribution in [0.2, 0.25) is 5.02 Å². The van der Waals surface area contributed by atoms with E-state index < -0.39 is 0 Å². The summed E-state index contributed by atoms with van der Waals surface area (Å²) in [5, 5.41) is 7.61. The van der Waals surface area contributed by atoms with Crippen LogP contribution in [0.4, 0.5) is 5.69 Å². The Morgan fingerprint density at radius 1 is 1.19 bits per heavy atom. The van der Waals surface area contributed by atoms with E-state index >= 15 is 0 Å². The molecule has 2 rings (SSSR count). The lowest BCUT2D eigenvalue weighted by Gasteiger charge is -2.18. The maximum Gasteiger partial charge on any atom is 0.171 e. The second-order valence-electron chi connectivity index (χ2n) is 4.57. The molecule has 0 spiro atoms. The number of rotatable bonds is 4. The van der Waals surface area contributed by atoms with E-state index in [1.54, 1.807) is 7.11 Å². The average Bonchev–Trinajstić information content (AvgIpc) is 2.47. The molecule has 21 heavy (non-hydrogen) atoms. The molecule has 0 heterocycles. The first kappa shape index (κ1) is 15.6. The van der Waals surface area contributed by atoms with Crippen molar-refractivity contribution in [1.29, 1.82) is 0 Å². The first-order valence-corrected chi connectivity index (χ1v) is 7.35. The van der Waals surface area contributed by atoms with Gasteiger partial charge in [-0.1, -0.05) is 35.9 Å². The SMILES string of the molecule is COc1cccc(NC(=S)N[C@H](C)c2ccccc2Cl)c1. The summed E-state index contributed by atoms with van der Waals surface area (Å²) in [7, 11) is 1.63. The molecule has 0 amide bonds. The third kappa shape index (κ3) is 4.34. The molecule has 0 aliphatic rings. The zero-order chi connectivity index (χ0) is 15.2. The van der Waals surface area contributed by atoms with Gasteiger partial charge in [0, 0.05) is 16.8 Å². The maximum absolute atomic E-state index is 6.18. The molecule has 0 saturated carbocycles. The van der Waals surface area contributed by atoms with Crippen LogP contribution in [0.15, 0.2) is 48.5 Å². The summed E-state index contributed by atoms with van der Waals surface area (Å²) in [6.45, 7) is 2.01. The number of halogens is 1. The number of methoxy groups -OCH3 is 1. The van der Waals surface area contributed by atoms with Gasteiger partial charge in [0.25, 0.3) is 0 Å². The van der Waals surface area contributed by atoms with Crippen molar-refractivity contribution in [3.63, 3.8) is 0 Å². The molecule has 3 nitrogen and oxygen atoms in total. The molecule has 0 aliphatic heterocycles. The Labute approximate surface area is 135 Å². The van der Waals surface area contributed by atoms with Gasteiger partial charge in [0.05, 0.1) is 13.2 Å². The van der Waals surface area contributed by atoms with E-state index in [1.165, 1.54) is 0 Å². The Bertz CT molecular complexity index is 633. The van der Waals surface area contributed by atoms with Gasteiger partial charge in [0.2, 0.25) is 0 Å². The molecule has 2 aromatic rings. The smallest absolute Gasteiger partial charge is 0.171 e. The van der Waals surface area contributed by atoms with Crippen molar-refractivity contribution in [2.24, 2.45) is 0 Å². The summed E-state index contributed by atoms with van der Waals surface area (Å²) in [4.78, 5) is 0. The minimum atomic E-state index is 0.0179. The second-order valence-corrected chi connectivity index (χ2v) is 5.39. The van der Waals surface area contributed by atoms with Crippen LogP contribution in [0.25, 0.3) is 0 Å². The van der Waals surface area contributed by atoms with Crippen LogP contribution in [0.3, 0.4) is 0 Å². The van der Waals surface area contributed by atoms with E-state index in [4.69, 9.17) is 28.6 Å². The van der Waals surface area contributed by atoms with Crippen molar-refractivity contribution < 1.29 is 4.74 Å². The molecular formula is C16H17ClN2OS. The largest absolute Gasteiger partial charge is 0.497 e. The number of anilines is 1. The zero-order valence-corrected chi connectivity index (χ0v) is 13.5. The number of benzene rings is 2. The van der Waals surface area contributed by atoms with Crippen LogP contribution < -0.4 is 15.4 Å². The van der Waals surface area contributed by atoms with Crippen LogP contribution in [0.5, 0.6) is 5.75 Å². The topological polar surface area (TPSA) is 33.3 Å². The molecule has 0 bridgehead atoms. The molecular weight excluding hydrogens is 304 g/mol. The Morgan fingerprint density at radius 3 is 2.67 bits per heavy atom. The second kappa shape index (κ2) is 7.29. The lowest BCUT2D eigenvalue weighted by Crippen LogP contribution is -2.31. The summed E-state index contributed by atoms with van der Waals surface area (Å²) in [6.07, 6.45) is 0. The zero-order valence-electron chi connectivity index (χ0n) is 11.9. The maximum atomic E-state index is 6.18. The van der Waals surface area contributed by atoms with Crippen LogP contribution in [0.1, 0.15) is 18.5 Å². The van der Waals surface area contributed by atoms with Gasteiger partial charge in [0.1, 0.15) is 5.75 Å². The predicted octanol–water partition coefficient (Wildman–Crippen LogP) is 4.40. The first-order chi connectivity index (χ1) is 10.1. The summed E-state index contributed by atoms with van der Waals surface area (Å²) < 4.78 is 5.18. The van der Waals surface area contributed by atoms with Gasteiger partial charge in [-0.15, -0.1) is 0 Å². The Morgan fingerprint density at radius 2 is 1.95 bits per heavy atom. The van der Waals surface area contributed by atoms with Gasteiger partial charge < -0.3 is 15.4 Å². The summed E-state index contributed by atoms with van der Waals surface area (Å²) in [5.74, 6) is 0.780.